The molecule has 98 valence electrons. The normalized spacial score (nSPS) is 10.2. The van der Waals surface area contributed by atoms with Crippen LogP contribution in [-0.2, 0) is 6.42 Å². The van der Waals surface area contributed by atoms with E-state index in [-0.39, 0.29) is 5.91 Å². The van der Waals surface area contributed by atoms with Crippen molar-refractivity contribution in [3.63, 3.8) is 0 Å². The van der Waals surface area contributed by atoms with Crippen molar-refractivity contribution in [2.45, 2.75) is 6.42 Å². The number of hydrogen-bond donors (Lipinski definition) is 2. The van der Waals surface area contributed by atoms with E-state index in [9.17, 15) is 4.79 Å². The third-order valence-electron chi connectivity index (χ3n) is 2.68. The Kier molecular flexibility index (Phi) is 4.71. The predicted molar refractivity (Wildman–Crippen MR) is 79.1 cm³/mol. The highest BCUT2D eigenvalue weighted by Crippen LogP contribution is 2.09. The molecule has 1 aromatic heterocycles. The Morgan fingerprint density at radius 1 is 1.26 bits per heavy atom. The number of nitrogens with one attached hydrogen (secondary N) is 2. The lowest BCUT2D eigenvalue weighted by molar-refractivity contribution is 0.0953. The molecule has 0 spiro atoms. The van der Waals surface area contributed by atoms with Crippen LogP contribution in [-0.4, -0.2) is 17.4 Å². The Labute approximate surface area is 121 Å². The summed E-state index contributed by atoms with van der Waals surface area (Å²) < 4.78 is 0.450. The van der Waals surface area contributed by atoms with Crippen LogP contribution in [0.2, 0.25) is 5.02 Å². The smallest absolute Gasteiger partial charge is 0.254 e. The molecule has 0 saturated carbocycles. The summed E-state index contributed by atoms with van der Waals surface area (Å²) in [5.41, 5.74) is 1.62. The molecule has 1 amide bonds. The zero-order valence-corrected chi connectivity index (χ0v) is 11.7. The number of pyridine rings is 1. The quantitative estimate of drug-likeness (QED) is 0.849. The largest absolute Gasteiger partial charge is 0.352 e. The zero-order valence-electron chi connectivity index (χ0n) is 10.2. The van der Waals surface area contributed by atoms with Gasteiger partial charge in [-0.3, -0.25) is 4.79 Å². The maximum absolute atomic E-state index is 11.9. The van der Waals surface area contributed by atoms with Crippen molar-refractivity contribution in [1.29, 1.82) is 0 Å². The van der Waals surface area contributed by atoms with Crippen LogP contribution in [0.3, 0.4) is 0 Å². The molecule has 19 heavy (non-hydrogen) atoms. The van der Waals surface area contributed by atoms with E-state index in [4.69, 9.17) is 23.8 Å². The number of benzene rings is 1. The molecule has 0 fully saturated rings. The summed E-state index contributed by atoms with van der Waals surface area (Å²) in [4.78, 5) is 14.7. The van der Waals surface area contributed by atoms with Gasteiger partial charge < -0.3 is 10.3 Å². The van der Waals surface area contributed by atoms with Gasteiger partial charge in [-0.2, -0.15) is 0 Å². The van der Waals surface area contributed by atoms with Gasteiger partial charge >= 0.3 is 0 Å². The van der Waals surface area contributed by atoms with Gasteiger partial charge in [-0.05, 0) is 36.2 Å². The number of aromatic amines is 1. The molecule has 2 rings (SSSR count). The van der Waals surface area contributed by atoms with Crippen LogP contribution in [0.4, 0.5) is 0 Å². The molecule has 0 aliphatic rings. The van der Waals surface area contributed by atoms with Crippen LogP contribution in [0.15, 0.2) is 42.6 Å². The molecule has 5 heteroatoms. The lowest BCUT2D eigenvalue weighted by atomic mass is 10.1. The van der Waals surface area contributed by atoms with Crippen LogP contribution in [0.25, 0.3) is 0 Å². The summed E-state index contributed by atoms with van der Waals surface area (Å²) in [5.74, 6) is -0.157. The van der Waals surface area contributed by atoms with Crippen LogP contribution in [0, 0.1) is 4.64 Å². The van der Waals surface area contributed by atoms with E-state index < -0.39 is 0 Å². The molecule has 0 radical (unpaired) electrons. The first-order valence-corrected chi connectivity index (χ1v) is 6.66. The van der Waals surface area contributed by atoms with Crippen molar-refractivity contribution in [2.24, 2.45) is 0 Å². The molecule has 0 atom stereocenters. The molecule has 1 aromatic carbocycles. The molecule has 0 bridgehead atoms. The van der Waals surface area contributed by atoms with Gasteiger partial charge in [0.25, 0.3) is 5.91 Å². The van der Waals surface area contributed by atoms with E-state index in [1.165, 1.54) is 0 Å². The maximum atomic E-state index is 11.9. The summed E-state index contributed by atoms with van der Waals surface area (Å²) >= 11 is 10.9. The summed E-state index contributed by atoms with van der Waals surface area (Å²) in [6.07, 6.45) is 2.46. The molecule has 1 heterocycles. The SMILES string of the molecule is O=C(NCCc1ccc(Cl)cc1)c1ccc[nH]c1=S. The molecular weight excluding hydrogens is 280 g/mol. The topological polar surface area (TPSA) is 44.9 Å². The molecular formula is C14H13ClN2OS. The number of rotatable bonds is 4. The molecule has 0 unspecified atom stereocenters. The van der Waals surface area contributed by atoms with Crippen molar-refractivity contribution in [3.05, 3.63) is 63.4 Å². The van der Waals surface area contributed by atoms with Gasteiger partial charge in [-0.15, -0.1) is 0 Å². The number of hydrogen-bond acceptors (Lipinski definition) is 2. The lowest BCUT2D eigenvalue weighted by Gasteiger charge is -2.05. The first-order valence-electron chi connectivity index (χ1n) is 5.87. The third-order valence-corrected chi connectivity index (χ3v) is 3.27. The summed E-state index contributed by atoms with van der Waals surface area (Å²) in [6, 6.07) is 11.0. The number of aromatic nitrogens is 1. The van der Waals surface area contributed by atoms with Gasteiger partial charge in [-0.25, -0.2) is 0 Å². The second-order valence-corrected chi connectivity index (χ2v) is 4.89. The number of H-pyrrole nitrogens is 1. The summed E-state index contributed by atoms with van der Waals surface area (Å²) in [5, 5.41) is 3.56. The average molecular weight is 293 g/mol. The van der Waals surface area contributed by atoms with Crippen molar-refractivity contribution in [1.82, 2.24) is 10.3 Å². The highest BCUT2D eigenvalue weighted by molar-refractivity contribution is 7.71. The van der Waals surface area contributed by atoms with E-state index in [1.54, 1.807) is 18.3 Å². The Morgan fingerprint density at radius 3 is 2.68 bits per heavy atom. The molecule has 3 nitrogen and oxygen atoms in total. The van der Waals surface area contributed by atoms with E-state index in [0.29, 0.717) is 21.8 Å². The van der Waals surface area contributed by atoms with Crippen molar-refractivity contribution in [2.75, 3.05) is 6.54 Å². The standard InChI is InChI=1S/C14H13ClN2OS/c15-11-5-3-10(4-6-11)7-9-16-13(18)12-2-1-8-17-14(12)19/h1-6,8H,7,9H2,(H,16,18)(H,17,19). The van der Waals surface area contributed by atoms with E-state index in [2.05, 4.69) is 10.3 Å². The van der Waals surface area contributed by atoms with Crippen molar-refractivity contribution < 1.29 is 4.79 Å². The van der Waals surface area contributed by atoms with E-state index in [0.717, 1.165) is 12.0 Å². The molecule has 0 saturated heterocycles. The van der Waals surface area contributed by atoms with Crippen LogP contribution in [0.5, 0.6) is 0 Å². The Balaban J connectivity index is 1.89. The van der Waals surface area contributed by atoms with Crippen molar-refractivity contribution >= 4 is 29.7 Å². The lowest BCUT2D eigenvalue weighted by Crippen LogP contribution is -2.26. The number of halogens is 1. The Bertz CT molecular complexity index is 622. The predicted octanol–water partition coefficient (Wildman–Crippen LogP) is 3.37. The van der Waals surface area contributed by atoms with Crippen LogP contribution in [0.1, 0.15) is 15.9 Å². The third kappa shape index (κ3) is 3.91. The minimum absolute atomic E-state index is 0.157. The van der Waals surface area contributed by atoms with Gasteiger partial charge in [0, 0.05) is 17.8 Å². The summed E-state index contributed by atoms with van der Waals surface area (Å²) in [6.45, 7) is 0.560. The van der Waals surface area contributed by atoms with Crippen LogP contribution >= 0.6 is 23.8 Å². The monoisotopic (exact) mass is 292 g/mol. The summed E-state index contributed by atoms with van der Waals surface area (Å²) in [7, 11) is 0. The van der Waals surface area contributed by atoms with Gasteiger partial charge in [0.2, 0.25) is 0 Å². The zero-order chi connectivity index (χ0) is 13.7. The molecule has 2 N–H and O–H groups in total. The van der Waals surface area contributed by atoms with Gasteiger partial charge in [0.1, 0.15) is 4.64 Å². The van der Waals surface area contributed by atoms with Gasteiger partial charge in [0.05, 0.1) is 5.56 Å². The van der Waals surface area contributed by atoms with Crippen molar-refractivity contribution in [3.8, 4) is 0 Å². The fourth-order valence-corrected chi connectivity index (χ4v) is 2.02. The molecule has 0 aliphatic carbocycles. The molecule has 2 aromatic rings. The fourth-order valence-electron chi connectivity index (χ4n) is 1.67. The molecule has 0 aliphatic heterocycles. The van der Waals surface area contributed by atoms with Crippen LogP contribution < -0.4 is 5.32 Å². The first kappa shape index (κ1) is 13.8. The minimum Gasteiger partial charge on any atom is -0.352 e. The number of amides is 1. The highest BCUT2D eigenvalue weighted by atomic mass is 35.5. The second kappa shape index (κ2) is 6.50. The maximum Gasteiger partial charge on any atom is 0.254 e. The average Bonchev–Trinajstić information content (AvgIpc) is 2.41. The number of carbonyl (C=O) groups is 1. The van der Waals surface area contributed by atoms with Gasteiger partial charge in [0.15, 0.2) is 0 Å². The van der Waals surface area contributed by atoms with Gasteiger partial charge in [-0.1, -0.05) is 36.0 Å². The number of carbonyl (C=O) groups excluding carboxylic acids is 1. The Hall–Kier alpha value is -1.65. The first-order chi connectivity index (χ1) is 9.16. The Morgan fingerprint density at radius 2 is 2.00 bits per heavy atom. The fraction of sp³-hybridized carbons (Fsp3) is 0.143. The van der Waals surface area contributed by atoms with E-state index in [1.807, 2.05) is 24.3 Å². The van der Waals surface area contributed by atoms with E-state index >= 15 is 0 Å². The minimum atomic E-state index is -0.157. The highest BCUT2D eigenvalue weighted by Gasteiger charge is 2.06. The second-order valence-electron chi connectivity index (χ2n) is 4.05.